The summed E-state index contributed by atoms with van der Waals surface area (Å²) in [6, 6.07) is 21.9. The van der Waals surface area contributed by atoms with Crippen molar-refractivity contribution < 1.29 is 4.79 Å². The number of carbonyl (C=O) groups excluding carboxylic acids is 1. The standard InChI is InChI=1S/C28H39NO/c1-23(2)18-19-27(30)20-28(26-16-10-5-11-17-26)29(21-24-12-6-3-7-13-24)22-25-14-8-4-9-15-25/h3-4,6-9,12-15,23,26,28H,5,10-11,16-22H2,1-2H3/t28-/m0/s1. The lowest BCUT2D eigenvalue weighted by Crippen LogP contribution is -2.42. The molecule has 0 aromatic heterocycles. The second-order valence-corrected chi connectivity index (χ2v) is 9.52. The van der Waals surface area contributed by atoms with E-state index in [-0.39, 0.29) is 0 Å². The first-order chi connectivity index (χ1) is 14.6. The molecule has 0 saturated heterocycles. The molecule has 2 aromatic rings. The molecule has 3 rings (SSSR count). The van der Waals surface area contributed by atoms with Crippen LogP contribution in [0.5, 0.6) is 0 Å². The number of ketones is 1. The van der Waals surface area contributed by atoms with Gasteiger partial charge in [0.2, 0.25) is 0 Å². The Morgan fingerprint density at radius 3 is 1.90 bits per heavy atom. The first-order valence-corrected chi connectivity index (χ1v) is 12.0. The Hall–Kier alpha value is -1.93. The van der Waals surface area contributed by atoms with Gasteiger partial charge in [-0.2, -0.15) is 0 Å². The summed E-state index contributed by atoms with van der Waals surface area (Å²) in [5.41, 5.74) is 2.67. The van der Waals surface area contributed by atoms with Gasteiger partial charge in [-0.05, 0) is 42.2 Å². The van der Waals surface area contributed by atoms with E-state index < -0.39 is 0 Å². The maximum atomic E-state index is 13.0. The zero-order valence-electron chi connectivity index (χ0n) is 18.9. The van der Waals surface area contributed by atoms with E-state index in [4.69, 9.17) is 0 Å². The van der Waals surface area contributed by atoms with E-state index in [1.807, 2.05) is 0 Å². The average Bonchev–Trinajstić information content (AvgIpc) is 2.78. The molecule has 0 heterocycles. The van der Waals surface area contributed by atoms with Crippen molar-refractivity contribution in [2.45, 2.75) is 84.3 Å². The number of carbonyl (C=O) groups is 1. The molecule has 1 saturated carbocycles. The van der Waals surface area contributed by atoms with Crippen LogP contribution in [0.25, 0.3) is 0 Å². The summed E-state index contributed by atoms with van der Waals surface area (Å²) in [6.07, 6.45) is 8.94. The van der Waals surface area contributed by atoms with Crippen molar-refractivity contribution in [1.82, 2.24) is 4.90 Å². The number of rotatable bonds is 11. The zero-order valence-corrected chi connectivity index (χ0v) is 18.9. The molecule has 162 valence electrons. The molecule has 0 radical (unpaired) electrons. The quantitative estimate of drug-likeness (QED) is 0.400. The summed E-state index contributed by atoms with van der Waals surface area (Å²) in [6.45, 7) is 6.24. The highest BCUT2D eigenvalue weighted by Gasteiger charge is 2.30. The molecule has 0 bridgehead atoms. The lowest BCUT2D eigenvalue weighted by Gasteiger charge is -2.39. The van der Waals surface area contributed by atoms with Crippen LogP contribution >= 0.6 is 0 Å². The van der Waals surface area contributed by atoms with Gasteiger partial charge in [0.1, 0.15) is 5.78 Å². The molecule has 1 atom stereocenters. The summed E-state index contributed by atoms with van der Waals surface area (Å²) >= 11 is 0. The van der Waals surface area contributed by atoms with Crippen LogP contribution in [0.1, 0.15) is 76.3 Å². The fraction of sp³-hybridized carbons (Fsp3) is 0.536. The van der Waals surface area contributed by atoms with Crippen LogP contribution in [0.4, 0.5) is 0 Å². The predicted molar refractivity (Wildman–Crippen MR) is 126 cm³/mol. The first kappa shape index (κ1) is 22.7. The number of hydrogen-bond donors (Lipinski definition) is 0. The van der Waals surface area contributed by atoms with Gasteiger partial charge in [-0.3, -0.25) is 9.69 Å². The first-order valence-electron chi connectivity index (χ1n) is 12.0. The highest BCUT2D eigenvalue weighted by molar-refractivity contribution is 5.79. The Bertz CT molecular complexity index is 692. The molecule has 1 aliphatic carbocycles. The van der Waals surface area contributed by atoms with E-state index in [1.165, 1.54) is 43.2 Å². The molecule has 1 fully saturated rings. The summed E-state index contributed by atoms with van der Waals surface area (Å²) in [7, 11) is 0. The van der Waals surface area contributed by atoms with Gasteiger partial charge in [-0.15, -0.1) is 0 Å². The van der Waals surface area contributed by atoms with E-state index in [0.29, 0.717) is 30.1 Å². The predicted octanol–water partition coefficient (Wildman–Crippen LogP) is 7.03. The van der Waals surface area contributed by atoms with Crippen LogP contribution < -0.4 is 0 Å². The molecule has 2 aromatic carbocycles. The Kier molecular flexibility index (Phi) is 9.14. The summed E-state index contributed by atoms with van der Waals surface area (Å²) in [4.78, 5) is 15.6. The van der Waals surface area contributed by atoms with E-state index in [2.05, 4.69) is 79.4 Å². The van der Waals surface area contributed by atoms with Gasteiger partial charge in [0.15, 0.2) is 0 Å². The van der Waals surface area contributed by atoms with Crippen LogP contribution in [0.15, 0.2) is 60.7 Å². The lowest BCUT2D eigenvalue weighted by atomic mass is 9.80. The van der Waals surface area contributed by atoms with Gasteiger partial charge >= 0.3 is 0 Å². The SMILES string of the molecule is CC(C)CCC(=O)C[C@@H](C1CCCCC1)N(Cc1ccccc1)Cc1ccccc1. The second kappa shape index (κ2) is 12.1. The maximum absolute atomic E-state index is 13.0. The zero-order chi connectivity index (χ0) is 21.2. The topological polar surface area (TPSA) is 20.3 Å². The molecular weight excluding hydrogens is 366 g/mol. The van der Waals surface area contributed by atoms with Gasteiger partial charge < -0.3 is 0 Å². The van der Waals surface area contributed by atoms with Crippen LogP contribution in [0.2, 0.25) is 0 Å². The molecule has 2 nitrogen and oxygen atoms in total. The normalized spacial score (nSPS) is 16.1. The van der Waals surface area contributed by atoms with Gasteiger partial charge in [0.25, 0.3) is 0 Å². The third kappa shape index (κ3) is 7.40. The van der Waals surface area contributed by atoms with Crippen molar-refractivity contribution in [2.24, 2.45) is 11.8 Å². The van der Waals surface area contributed by atoms with Crippen molar-refractivity contribution in [2.75, 3.05) is 0 Å². The van der Waals surface area contributed by atoms with Crippen LogP contribution in [-0.2, 0) is 17.9 Å². The van der Waals surface area contributed by atoms with Gasteiger partial charge in [0.05, 0.1) is 0 Å². The van der Waals surface area contributed by atoms with Crippen molar-refractivity contribution >= 4 is 5.78 Å². The number of Topliss-reactive ketones (excluding diaryl/α,β-unsaturated/α-hetero) is 1. The smallest absolute Gasteiger partial charge is 0.134 e. The highest BCUT2D eigenvalue weighted by atomic mass is 16.1. The molecule has 30 heavy (non-hydrogen) atoms. The van der Waals surface area contributed by atoms with Gasteiger partial charge in [-0.25, -0.2) is 0 Å². The lowest BCUT2D eigenvalue weighted by molar-refractivity contribution is -0.121. The minimum atomic E-state index is 0.338. The third-order valence-electron chi connectivity index (χ3n) is 6.56. The molecule has 0 unspecified atom stereocenters. The Labute approximate surface area is 183 Å². The minimum Gasteiger partial charge on any atom is -0.300 e. The molecule has 0 spiro atoms. The fourth-order valence-electron chi connectivity index (χ4n) is 4.82. The number of nitrogens with zero attached hydrogens (tertiary/aromatic N) is 1. The van der Waals surface area contributed by atoms with Gasteiger partial charge in [0, 0.05) is 32.0 Å². The minimum absolute atomic E-state index is 0.338. The van der Waals surface area contributed by atoms with Crippen LogP contribution in [0.3, 0.4) is 0 Å². The second-order valence-electron chi connectivity index (χ2n) is 9.52. The number of hydrogen-bond acceptors (Lipinski definition) is 2. The molecule has 1 aliphatic rings. The molecular formula is C28H39NO. The van der Waals surface area contributed by atoms with Crippen molar-refractivity contribution in [3.05, 3.63) is 71.8 Å². The van der Waals surface area contributed by atoms with Crippen LogP contribution in [-0.4, -0.2) is 16.7 Å². The summed E-state index contributed by atoms with van der Waals surface area (Å²) in [5.74, 6) is 1.67. The van der Waals surface area contributed by atoms with E-state index in [0.717, 1.165) is 25.9 Å². The Morgan fingerprint density at radius 1 is 0.867 bits per heavy atom. The molecule has 2 heteroatoms. The van der Waals surface area contributed by atoms with Crippen molar-refractivity contribution in [1.29, 1.82) is 0 Å². The Morgan fingerprint density at radius 2 is 1.40 bits per heavy atom. The van der Waals surface area contributed by atoms with Crippen LogP contribution in [0, 0.1) is 11.8 Å². The number of benzene rings is 2. The molecule has 0 aliphatic heterocycles. The van der Waals surface area contributed by atoms with E-state index >= 15 is 0 Å². The average molecular weight is 406 g/mol. The summed E-state index contributed by atoms with van der Waals surface area (Å²) in [5, 5.41) is 0. The maximum Gasteiger partial charge on any atom is 0.134 e. The third-order valence-corrected chi connectivity index (χ3v) is 6.56. The van der Waals surface area contributed by atoms with E-state index in [9.17, 15) is 4.79 Å². The monoisotopic (exact) mass is 405 g/mol. The molecule has 0 N–H and O–H groups in total. The van der Waals surface area contributed by atoms with E-state index in [1.54, 1.807) is 0 Å². The summed E-state index contributed by atoms with van der Waals surface area (Å²) < 4.78 is 0. The fourth-order valence-corrected chi connectivity index (χ4v) is 4.82. The van der Waals surface area contributed by atoms with Crippen molar-refractivity contribution in [3.8, 4) is 0 Å². The highest BCUT2D eigenvalue weighted by Crippen LogP contribution is 2.33. The molecule has 0 amide bonds. The van der Waals surface area contributed by atoms with Gasteiger partial charge in [-0.1, -0.05) is 93.8 Å². The van der Waals surface area contributed by atoms with Crippen molar-refractivity contribution in [3.63, 3.8) is 0 Å². The largest absolute Gasteiger partial charge is 0.300 e. The Balaban J connectivity index is 1.82.